The Labute approximate surface area is 109 Å². The van der Waals surface area contributed by atoms with Gasteiger partial charge in [0.15, 0.2) is 0 Å². The first kappa shape index (κ1) is 13.6. The van der Waals surface area contributed by atoms with Crippen LogP contribution in [-0.4, -0.2) is 21.4 Å². The molecule has 0 spiro atoms. The lowest BCUT2D eigenvalue weighted by atomic mass is 10.2. The monoisotopic (exact) mass is 269 g/mol. The van der Waals surface area contributed by atoms with Crippen molar-refractivity contribution in [2.75, 3.05) is 0 Å². The molecule has 0 amide bonds. The minimum Gasteiger partial charge on any atom is -0.411 e. The molecule has 0 atom stereocenters. The van der Waals surface area contributed by atoms with Crippen molar-refractivity contribution in [1.82, 2.24) is 9.97 Å². The molecule has 0 aliphatic heterocycles. The van der Waals surface area contributed by atoms with Gasteiger partial charge in [-0.3, -0.25) is 4.98 Å². The lowest BCUT2D eigenvalue weighted by Crippen LogP contribution is -1.92. The van der Waals surface area contributed by atoms with Gasteiger partial charge in [-0.2, -0.15) is 0 Å². The molecule has 0 saturated heterocycles. The molecule has 0 fully saturated rings. The maximum absolute atomic E-state index is 8.36. The molecule has 4 nitrogen and oxygen atoms in total. The SMILES string of the molecule is Cl.ON=Cc1csc(CCc2cccnc2)n1. The van der Waals surface area contributed by atoms with E-state index >= 15 is 0 Å². The predicted molar refractivity (Wildman–Crippen MR) is 70.4 cm³/mol. The quantitative estimate of drug-likeness (QED) is 0.527. The van der Waals surface area contributed by atoms with Gasteiger partial charge in [0.2, 0.25) is 0 Å². The Kier molecular flexibility index (Phi) is 5.59. The molecule has 0 bridgehead atoms. The molecule has 6 heteroatoms. The van der Waals surface area contributed by atoms with Crippen molar-refractivity contribution in [3.8, 4) is 0 Å². The first-order valence-corrected chi connectivity index (χ1v) is 5.77. The van der Waals surface area contributed by atoms with E-state index in [2.05, 4.69) is 21.2 Å². The molecule has 0 saturated carbocycles. The summed E-state index contributed by atoms with van der Waals surface area (Å²) >= 11 is 1.57. The Hall–Kier alpha value is -1.46. The van der Waals surface area contributed by atoms with Gasteiger partial charge in [-0.15, -0.1) is 23.7 Å². The van der Waals surface area contributed by atoms with Gasteiger partial charge < -0.3 is 5.21 Å². The van der Waals surface area contributed by atoms with Crippen molar-refractivity contribution in [1.29, 1.82) is 0 Å². The molecular weight excluding hydrogens is 258 g/mol. The molecule has 2 aromatic rings. The molecule has 2 aromatic heterocycles. The van der Waals surface area contributed by atoms with Crippen molar-refractivity contribution in [2.45, 2.75) is 12.8 Å². The maximum Gasteiger partial charge on any atom is 0.0958 e. The Bertz CT molecular complexity index is 473. The van der Waals surface area contributed by atoms with Crippen molar-refractivity contribution in [2.24, 2.45) is 5.16 Å². The Morgan fingerprint density at radius 1 is 1.41 bits per heavy atom. The van der Waals surface area contributed by atoms with E-state index in [4.69, 9.17) is 5.21 Å². The first-order chi connectivity index (χ1) is 7.88. The van der Waals surface area contributed by atoms with E-state index < -0.39 is 0 Å². The lowest BCUT2D eigenvalue weighted by Gasteiger charge is -1.96. The van der Waals surface area contributed by atoms with E-state index in [-0.39, 0.29) is 12.4 Å². The molecular formula is C11H12ClN3OS. The third kappa shape index (κ3) is 4.13. The fourth-order valence-corrected chi connectivity index (χ4v) is 2.10. The number of thiazole rings is 1. The number of halogens is 1. The highest BCUT2D eigenvalue weighted by molar-refractivity contribution is 7.09. The second kappa shape index (κ2) is 6.98. The van der Waals surface area contributed by atoms with E-state index in [9.17, 15) is 0 Å². The highest BCUT2D eigenvalue weighted by atomic mass is 35.5. The minimum atomic E-state index is 0. The molecule has 0 aliphatic rings. The van der Waals surface area contributed by atoms with Crippen LogP contribution in [0.4, 0.5) is 0 Å². The average molecular weight is 270 g/mol. The van der Waals surface area contributed by atoms with Gasteiger partial charge in [0, 0.05) is 24.2 Å². The van der Waals surface area contributed by atoms with Gasteiger partial charge in [0.1, 0.15) is 0 Å². The molecule has 90 valence electrons. The summed E-state index contributed by atoms with van der Waals surface area (Å²) in [5, 5.41) is 14.2. The van der Waals surface area contributed by atoms with Crippen LogP contribution >= 0.6 is 23.7 Å². The summed E-state index contributed by atoms with van der Waals surface area (Å²) in [6.07, 6.45) is 6.78. The van der Waals surface area contributed by atoms with E-state index in [0.29, 0.717) is 5.69 Å². The first-order valence-electron chi connectivity index (χ1n) is 4.89. The van der Waals surface area contributed by atoms with Crippen molar-refractivity contribution in [3.63, 3.8) is 0 Å². The molecule has 17 heavy (non-hydrogen) atoms. The summed E-state index contributed by atoms with van der Waals surface area (Å²) < 4.78 is 0. The molecule has 0 aromatic carbocycles. The van der Waals surface area contributed by atoms with E-state index in [1.54, 1.807) is 17.5 Å². The van der Waals surface area contributed by atoms with Crippen LogP contribution < -0.4 is 0 Å². The number of hydrogen-bond acceptors (Lipinski definition) is 5. The molecule has 2 heterocycles. The maximum atomic E-state index is 8.36. The zero-order chi connectivity index (χ0) is 11.2. The van der Waals surface area contributed by atoms with Crippen LogP contribution in [-0.2, 0) is 12.8 Å². The zero-order valence-corrected chi connectivity index (χ0v) is 10.6. The summed E-state index contributed by atoms with van der Waals surface area (Å²) in [6.45, 7) is 0. The largest absolute Gasteiger partial charge is 0.411 e. The minimum absolute atomic E-state index is 0. The Morgan fingerprint density at radius 2 is 2.29 bits per heavy atom. The van der Waals surface area contributed by atoms with Gasteiger partial charge in [-0.25, -0.2) is 4.98 Å². The predicted octanol–water partition coefficient (Wildman–Crippen LogP) is 2.55. The Morgan fingerprint density at radius 3 is 3.00 bits per heavy atom. The van der Waals surface area contributed by atoms with Crippen LogP contribution in [0.1, 0.15) is 16.3 Å². The highest BCUT2D eigenvalue weighted by Crippen LogP contribution is 2.11. The van der Waals surface area contributed by atoms with Gasteiger partial charge in [-0.05, 0) is 18.1 Å². The van der Waals surface area contributed by atoms with Crippen LogP contribution in [0.15, 0.2) is 35.1 Å². The molecule has 2 rings (SSSR count). The number of aromatic nitrogens is 2. The smallest absolute Gasteiger partial charge is 0.0958 e. The lowest BCUT2D eigenvalue weighted by molar-refractivity contribution is 0.321. The summed E-state index contributed by atoms with van der Waals surface area (Å²) in [6, 6.07) is 3.98. The molecule has 0 radical (unpaired) electrons. The van der Waals surface area contributed by atoms with Gasteiger partial charge in [0.25, 0.3) is 0 Å². The topological polar surface area (TPSA) is 58.4 Å². The van der Waals surface area contributed by atoms with Crippen LogP contribution in [0.3, 0.4) is 0 Å². The van der Waals surface area contributed by atoms with Crippen LogP contribution in [0.25, 0.3) is 0 Å². The van der Waals surface area contributed by atoms with E-state index in [1.165, 1.54) is 11.8 Å². The van der Waals surface area contributed by atoms with Gasteiger partial charge in [0.05, 0.1) is 16.9 Å². The van der Waals surface area contributed by atoms with Crippen molar-refractivity contribution >= 4 is 30.0 Å². The number of pyridine rings is 1. The van der Waals surface area contributed by atoms with Crippen LogP contribution in [0, 0.1) is 0 Å². The zero-order valence-electron chi connectivity index (χ0n) is 8.98. The third-order valence-electron chi connectivity index (χ3n) is 2.11. The van der Waals surface area contributed by atoms with E-state index in [0.717, 1.165) is 17.8 Å². The fraction of sp³-hybridized carbons (Fsp3) is 0.182. The number of hydrogen-bond donors (Lipinski definition) is 1. The second-order valence-corrected chi connectivity index (χ2v) is 4.21. The number of nitrogens with zero attached hydrogens (tertiary/aromatic N) is 3. The molecule has 0 unspecified atom stereocenters. The number of rotatable bonds is 4. The highest BCUT2D eigenvalue weighted by Gasteiger charge is 2.01. The van der Waals surface area contributed by atoms with Crippen molar-refractivity contribution < 1.29 is 5.21 Å². The van der Waals surface area contributed by atoms with E-state index in [1.807, 2.05) is 17.6 Å². The molecule has 0 aliphatic carbocycles. The summed E-state index contributed by atoms with van der Waals surface area (Å²) in [5.41, 5.74) is 1.91. The fourth-order valence-electron chi connectivity index (χ4n) is 1.36. The van der Waals surface area contributed by atoms with Crippen LogP contribution in [0.5, 0.6) is 0 Å². The van der Waals surface area contributed by atoms with Gasteiger partial charge in [-0.1, -0.05) is 11.2 Å². The number of oxime groups is 1. The molecule has 1 N–H and O–H groups in total. The second-order valence-electron chi connectivity index (χ2n) is 3.27. The van der Waals surface area contributed by atoms with Crippen molar-refractivity contribution in [3.05, 3.63) is 46.2 Å². The summed E-state index contributed by atoms with van der Waals surface area (Å²) in [7, 11) is 0. The standard InChI is InChI=1S/C11H11N3OS.ClH/c15-13-7-10-8-16-11(14-10)4-3-9-2-1-5-12-6-9;/h1-2,5-8,15H,3-4H2;1H. The normalized spacial score (nSPS) is 10.4. The summed E-state index contributed by atoms with van der Waals surface area (Å²) in [5.74, 6) is 0. The average Bonchev–Trinajstić information content (AvgIpc) is 2.76. The van der Waals surface area contributed by atoms with Gasteiger partial charge >= 0.3 is 0 Å². The summed E-state index contributed by atoms with van der Waals surface area (Å²) in [4.78, 5) is 8.36. The number of aryl methyl sites for hydroxylation is 2. The third-order valence-corrected chi connectivity index (χ3v) is 3.04. The Balaban J connectivity index is 0.00000144. The van der Waals surface area contributed by atoms with Crippen LogP contribution in [0.2, 0.25) is 0 Å².